The normalized spacial score (nSPS) is 17.1. The summed E-state index contributed by atoms with van der Waals surface area (Å²) in [4.78, 5) is 16.2. The number of alkyl halides is 2. The van der Waals surface area contributed by atoms with Gasteiger partial charge in [-0.25, -0.2) is 23.1 Å². The van der Waals surface area contributed by atoms with E-state index in [2.05, 4.69) is 40.9 Å². The molecule has 2 heterocycles. The van der Waals surface area contributed by atoms with Crippen molar-refractivity contribution < 1.29 is 23.0 Å². The molecule has 2 aromatic heterocycles. The predicted molar refractivity (Wildman–Crippen MR) is 148 cm³/mol. The Bertz CT molecular complexity index is 993. The number of carbonyl (C=O) groups is 1. The fourth-order valence-electron chi connectivity index (χ4n) is 3.33. The topological polar surface area (TPSA) is 89.8 Å². The molecule has 0 bridgehead atoms. The summed E-state index contributed by atoms with van der Waals surface area (Å²) in [5.74, 6) is -2.32. The van der Waals surface area contributed by atoms with Crippen molar-refractivity contribution in [3.63, 3.8) is 0 Å². The summed E-state index contributed by atoms with van der Waals surface area (Å²) < 4.78 is 39.7. The number of halogens is 2. The van der Waals surface area contributed by atoms with Gasteiger partial charge in [0, 0.05) is 31.2 Å². The van der Waals surface area contributed by atoms with E-state index < -0.39 is 17.6 Å². The van der Waals surface area contributed by atoms with E-state index in [0.717, 1.165) is 23.3 Å². The van der Waals surface area contributed by atoms with E-state index in [1.54, 1.807) is 29.8 Å². The summed E-state index contributed by atoms with van der Waals surface area (Å²) >= 11 is 1.69. The number of nitrogens with one attached hydrogen (secondary N) is 2. The molecule has 0 atom stereocenters. The lowest BCUT2D eigenvalue weighted by atomic mass is 9.97. The third-order valence-electron chi connectivity index (χ3n) is 5.34. The highest BCUT2D eigenvalue weighted by molar-refractivity contribution is 7.98. The summed E-state index contributed by atoms with van der Waals surface area (Å²) in [7, 11) is 1.76. The minimum absolute atomic E-state index is 0.118. The fourth-order valence-corrected chi connectivity index (χ4v) is 4.00. The van der Waals surface area contributed by atoms with Crippen LogP contribution in [0.25, 0.3) is 5.65 Å². The van der Waals surface area contributed by atoms with Crippen molar-refractivity contribution in [3.8, 4) is 0 Å². The highest BCUT2D eigenvalue weighted by Gasteiger charge is 2.30. The average Bonchev–Trinajstić information content (AvgIpc) is 3.55. The first-order valence-corrected chi connectivity index (χ1v) is 14.1. The van der Waals surface area contributed by atoms with Crippen LogP contribution in [0.5, 0.6) is 0 Å². The third-order valence-corrected chi connectivity index (χ3v) is 6.24. The fraction of sp³-hybridized carbons (Fsp3) is 0.741. The summed E-state index contributed by atoms with van der Waals surface area (Å²) in [5.41, 5.74) is 2.02. The number of aromatic nitrogens is 3. The van der Waals surface area contributed by atoms with Gasteiger partial charge in [-0.05, 0) is 78.9 Å². The molecule has 2 saturated carbocycles. The van der Waals surface area contributed by atoms with Crippen molar-refractivity contribution in [1.29, 1.82) is 0 Å². The Morgan fingerprint density at radius 2 is 1.79 bits per heavy atom. The number of alkyl carbamates (subject to hydrolysis) is 1. The monoisotopic (exact) mass is 557 g/mol. The zero-order valence-electron chi connectivity index (χ0n) is 23.9. The van der Waals surface area contributed by atoms with Crippen molar-refractivity contribution in [1.82, 2.24) is 24.6 Å². The lowest BCUT2D eigenvalue weighted by Crippen LogP contribution is -2.32. The molecule has 0 unspecified atom stereocenters. The van der Waals surface area contributed by atoms with Gasteiger partial charge in [-0.1, -0.05) is 18.4 Å². The SMILES string of the molecule is CC(C)(C)OC(=O)NCc1cn2ncc(CNSC(C)(C)C)cc2n1.COC1CC1.FC1(F)CCCCC1. The number of imidazole rings is 1. The summed E-state index contributed by atoms with van der Waals surface area (Å²) in [6.07, 6.45) is 9.03. The van der Waals surface area contributed by atoms with Gasteiger partial charge < -0.3 is 14.8 Å². The number of ether oxygens (including phenoxy) is 2. The van der Waals surface area contributed by atoms with Crippen LogP contribution in [0.4, 0.5) is 13.6 Å². The van der Waals surface area contributed by atoms with Crippen LogP contribution >= 0.6 is 11.9 Å². The second kappa shape index (κ2) is 14.4. The van der Waals surface area contributed by atoms with Crippen molar-refractivity contribution in [2.75, 3.05) is 7.11 Å². The van der Waals surface area contributed by atoms with Gasteiger partial charge in [0.05, 0.1) is 30.7 Å². The maximum absolute atomic E-state index is 12.2. The molecule has 1 amide bonds. The number of hydrogen-bond donors (Lipinski definition) is 2. The third kappa shape index (κ3) is 14.2. The molecule has 2 aromatic rings. The highest BCUT2D eigenvalue weighted by atomic mass is 32.2. The molecule has 2 aliphatic rings. The van der Waals surface area contributed by atoms with Crippen LogP contribution in [-0.4, -0.2) is 50.2 Å². The largest absolute Gasteiger partial charge is 0.444 e. The second-order valence-electron chi connectivity index (χ2n) is 11.6. The number of fused-ring (bicyclic) bond motifs is 1. The molecular weight excluding hydrogens is 512 g/mol. The first-order valence-electron chi connectivity index (χ1n) is 13.3. The van der Waals surface area contributed by atoms with E-state index >= 15 is 0 Å². The Labute approximate surface area is 230 Å². The number of amides is 1. The number of methoxy groups -OCH3 is 1. The molecule has 0 aromatic carbocycles. The van der Waals surface area contributed by atoms with E-state index in [1.807, 2.05) is 33.0 Å². The molecule has 2 aliphatic carbocycles. The van der Waals surface area contributed by atoms with E-state index in [4.69, 9.17) is 9.47 Å². The molecule has 216 valence electrons. The van der Waals surface area contributed by atoms with Gasteiger partial charge in [0.25, 0.3) is 0 Å². The predicted octanol–water partition coefficient (Wildman–Crippen LogP) is 6.67. The zero-order valence-corrected chi connectivity index (χ0v) is 24.7. The molecule has 0 aliphatic heterocycles. The van der Waals surface area contributed by atoms with Gasteiger partial charge >= 0.3 is 6.09 Å². The Hall–Kier alpha value is -1.98. The summed E-state index contributed by atoms with van der Waals surface area (Å²) in [6.45, 7) is 13.0. The first-order chi connectivity index (χ1) is 17.7. The molecule has 4 rings (SSSR count). The Balaban J connectivity index is 0.000000314. The van der Waals surface area contributed by atoms with E-state index in [9.17, 15) is 13.6 Å². The maximum atomic E-state index is 12.2. The van der Waals surface area contributed by atoms with Crippen molar-refractivity contribution in [2.45, 2.75) is 122 Å². The van der Waals surface area contributed by atoms with Crippen LogP contribution in [-0.2, 0) is 22.6 Å². The Morgan fingerprint density at radius 1 is 1.13 bits per heavy atom. The zero-order chi connectivity index (χ0) is 28.4. The molecule has 2 fully saturated rings. The second-order valence-corrected chi connectivity index (χ2v) is 13.4. The number of rotatable bonds is 6. The molecular formula is C27H45F2N5O3S. The highest BCUT2D eigenvalue weighted by Crippen LogP contribution is 2.32. The molecule has 11 heteroatoms. The van der Waals surface area contributed by atoms with Crippen LogP contribution in [0.2, 0.25) is 0 Å². The summed E-state index contributed by atoms with van der Waals surface area (Å²) in [5, 5.41) is 7.07. The minimum atomic E-state index is -2.32. The lowest BCUT2D eigenvalue weighted by Gasteiger charge is -2.20. The lowest BCUT2D eigenvalue weighted by molar-refractivity contribution is -0.0337. The number of carbonyl (C=O) groups excluding carboxylic acids is 1. The Morgan fingerprint density at radius 3 is 2.26 bits per heavy atom. The van der Waals surface area contributed by atoms with Crippen molar-refractivity contribution in [3.05, 3.63) is 29.7 Å². The van der Waals surface area contributed by atoms with Crippen molar-refractivity contribution in [2.24, 2.45) is 0 Å². The quantitative estimate of drug-likeness (QED) is 0.383. The van der Waals surface area contributed by atoms with Crippen LogP contribution in [0.3, 0.4) is 0 Å². The van der Waals surface area contributed by atoms with Gasteiger partial charge in [0.1, 0.15) is 5.60 Å². The van der Waals surface area contributed by atoms with E-state index in [0.29, 0.717) is 32.0 Å². The van der Waals surface area contributed by atoms with E-state index in [1.165, 1.54) is 12.8 Å². The van der Waals surface area contributed by atoms with Gasteiger partial charge in [0.15, 0.2) is 5.65 Å². The van der Waals surface area contributed by atoms with Crippen LogP contribution in [0.1, 0.15) is 97.7 Å². The van der Waals surface area contributed by atoms with Gasteiger partial charge in [-0.15, -0.1) is 0 Å². The maximum Gasteiger partial charge on any atom is 0.407 e. The molecule has 0 radical (unpaired) electrons. The summed E-state index contributed by atoms with van der Waals surface area (Å²) in [6, 6.07) is 1.99. The average molecular weight is 558 g/mol. The van der Waals surface area contributed by atoms with Crippen LogP contribution in [0, 0.1) is 0 Å². The molecule has 0 saturated heterocycles. The van der Waals surface area contributed by atoms with Crippen LogP contribution in [0.15, 0.2) is 18.5 Å². The molecule has 0 spiro atoms. The van der Waals surface area contributed by atoms with Crippen molar-refractivity contribution >= 4 is 23.7 Å². The van der Waals surface area contributed by atoms with E-state index in [-0.39, 0.29) is 17.6 Å². The van der Waals surface area contributed by atoms with Crippen LogP contribution < -0.4 is 10.0 Å². The first kappa shape index (κ1) is 32.2. The smallest absolute Gasteiger partial charge is 0.407 e. The minimum Gasteiger partial charge on any atom is -0.444 e. The Kier molecular flexibility index (Phi) is 12.2. The van der Waals surface area contributed by atoms with Gasteiger partial charge in [-0.3, -0.25) is 4.72 Å². The number of hydrogen-bond acceptors (Lipinski definition) is 7. The molecule has 2 N–H and O–H groups in total. The number of nitrogens with zero attached hydrogens (tertiary/aromatic N) is 3. The van der Waals surface area contributed by atoms with Gasteiger partial charge in [0.2, 0.25) is 5.92 Å². The molecule has 8 nitrogen and oxygen atoms in total. The molecule has 38 heavy (non-hydrogen) atoms. The standard InChI is InChI=1S/C17H27N5O2S.C6H10F2.C4H8O/c1-16(2,3)24-15(23)18-10-13-11-22-14(21-13)7-12(8-19-22)9-20-25-17(4,5)6;7-6(8)4-2-1-3-5-6;1-5-4-2-3-4/h7-8,11,20H,9-10H2,1-6H3,(H,18,23);1-5H2;4H,2-3H2,1H3. The van der Waals surface area contributed by atoms with Gasteiger partial charge in [-0.2, -0.15) is 5.10 Å².